The van der Waals surface area contributed by atoms with Crippen LogP contribution in [0.2, 0.25) is 0 Å². The SMILES string of the molecule is CN(CCC(O)c1cc(F)cc(F)c1)C(C)(C)CO. The van der Waals surface area contributed by atoms with E-state index in [0.29, 0.717) is 13.0 Å². The van der Waals surface area contributed by atoms with Gasteiger partial charge in [0.1, 0.15) is 11.6 Å². The molecule has 0 aliphatic heterocycles. The number of benzene rings is 1. The Balaban J connectivity index is 2.63. The van der Waals surface area contributed by atoms with E-state index in [1.165, 1.54) is 0 Å². The molecule has 3 nitrogen and oxygen atoms in total. The molecular formula is C14H21F2NO2. The molecule has 0 heterocycles. The van der Waals surface area contributed by atoms with Gasteiger partial charge in [-0.2, -0.15) is 0 Å². The normalized spacial score (nSPS) is 13.9. The fourth-order valence-electron chi connectivity index (χ4n) is 1.67. The van der Waals surface area contributed by atoms with Gasteiger partial charge in [0.25, 0.3) is 0 Å². The van der Waals surface area contributed by atoms with Crippen LogP contribution in [0.5, 0.6) is 0 Å². The number of likely N-dealkylation sites (N-methyl/N-ethyl adjacent to an activating group) is 1. The minimum atomic E-state index is -0.929. The van der Waals surface area contributed by atoms with Gasteiger partial charge in [-0.25, -0.2) is 8.78 Å². The zero-order valence-corrected chi connectivity index (χ0v) is 11.5. The summed E-state index contributed by atoms with van der Waals surface area (Å²) in [6.45, 7) is 4.25. The molecule has 1 aromatic rings. The lowest BCUT2D eigenvalue weighted by Gasteiger charge is -2.34. The Kier molecular flexibility index (Phi) is 5.40. The highest BCUT2D eigenvalue weighted by atomic mass is 19.1. The number of rotatable bonds is 6. The van der Waals surface area contributed by atoms with Gasteiger partial charge < -0.3 is 10.2 Å². The fourth-order valence-corrected chi connectivity index (χ4v) is 1.67. The maximum Gasteiger partial charge on any atom is 0.126 e. The molecule has 0 aliphatic rings. The largest absolute Gasteiger partial charge is 0.394 e. The van der Waals surface area contributed by atoms with Crippen molar-refractivity contribution in [3.63, 3.8) is 0 Å². The van der Waals surface area contributed by atoms with E-state index in [1.54, 1.807) is 0 Å². The van der Waals surface area contributed by atoms with Crippen molar-refractivity contribution in [1.29, 1.82) is 0 Å². The summed E-state index contributed by atoms with van der Waals surface area (Å²) in [5.74, 6) is -1.39. The van der Waals surface area contributed by atoms with Crippen molar-refractivity contribution in [3.05, 3.63) is 35.4 Å². The van der Waals surface area contributed by atoms with E-state index in [4.69, 9.17) is 0 Å². The second kappa shape index (κ2) is 6.41. The smallest absolute Gasteiger partial charge is 0.126 e. The minimum absolute atomic E-state index is 0.00577. The zero-order chi connectivity index (χ0) is 14.6. The van der Waals surface area contributed by atoms with Gasteiger partial charge >= 0.3 is 0 Å². The van der Waals surface area contributed by atoms with Crippen molar-refractivity contribution in [2.24, 2.45) is 0 Å². The Morgan fingerprint density at radius 1 is 1.21 bits per heavy atom. The highest BCUT2D eigenvalue weighted by Gasteiger charge is 2.23. The molecule has 1 atom stereocenters. The Bertz CT molecular complexity index is 404. The van der Waals surface area contributed by atoms with Crippen molar-refractivity contribution >= 4 is 0 Å². The highest BCUT2D eigenvalue weighted by Crippen LogP contribution is 2.21. The lowest BCUT2D eigenvalue weighted by molar-refractivity contribution is 0.0618. The predicted octanol–water partition coefficient (Wildman–Crippen LogP) is 2.09. The van der Waals surface area contributed by atoms with Crippen LogP contribution in [-0.2, 0) is 0 Å². The summed E-state index contributed by atoms with van der Waals surface area (Å²) in [5.41, 5.74) is -0.167. The third kappa shape index (κ3) is 4.53. The van der Waals surface area contributed by atoms with Gasteiger partial charge in [0.2, 0.25) is 0 Å². The molecule has 5 heteroatoms. The summed E-state index contributed by atoms with van der Waals surface area (Å²) < 4.78 is 26.1. The van der Waals surface area contributed by atoms with Crippen molar-refractivity contribution in [2.45, 2.75) is 31.9 Å². The third-order valence-electron chi connectivity index (χ3n) is 3.43. The third-order valence-corrected chi connectivity index (χ3v) is 3.43. The summed E-state index contributed by atoms with van der Waals surface area (Å²) in [7, 11) is 1.83. The maximum absolute atomic E-state index is 13.0. The molecule has 0 radical (unpaired) electrons. The van der Waals surface area contributed by atoms with E-state index in [9.17, 15) is 19.0 Å². The Labute approximate surface area is 112 Å². The van der Waals surface area contributed by atoms with Crippen LogP contribution in [0.1, 0.15) is 31.9 Å². The van der Waals surface area contributed by atoms with Gasteiger partial charge in [-0.05, 0) is 45.0 Å². The van der Waals surface area contributed by atoms with Crippen LogP contribution in [-0.4, -0.2) is 40.9 Å². The number of hydrogen-bond acceptors (Lipinski definition) is 3. The average molecular weight is 273 g/mol. The first-order valence-electron chi connectivity index (χ1n) is 6.22. The maximum atomic E-state index is 13.0. The van der Waals surface area contributed by atoms with E-state index >= 15 is 0 Å². The molecule has 0 aromatic heterocycles. The number of aliphatic hydroxyl groups is 2. The lowest BCUT2D eigenvalue weighted by Crippen LogP contribution is -2.44. The van der Waals surface area contributed by atoms with Crippen LogP contribution >= 0.6 is 0 Å². The summed E-state index contributed by atoms with van der Waals surface area (Å²) in [4.78, 5) is 1.89. The molecule has 0 aliphatic carbocycles. The second-order valence-electron chi connectivity index (χ2n) is 5.40. The number of aliphatic hydroxyl groups excluding tert-OH is 2. The van der Waals surface area contributed by atoms with Crippen molar-refractivity contribution < 1.29 is 19.0 Å². The number of halogens is 2. The summed E-state index contributed by atoms with van der Waals surface area (Å²) in [5, 5.41) is 19.2. The molecule has 0 amide bonds. The zero-order valence-electron chi connectivity index (χ0n) is 11.5. The standard InChI is InChI=1S/C14H21F2NO2/c1-14(2,9-18)17(3)5-4-13(19)10-6-11(15)8-12(16)7-10/h6-8,13,18-19H,4-5,9H2,1-3H3. The topological polar surface area (TPSA) is 43.7 Å². The molecular weight excluding hydrogens is 252 g/mol. The van der Waals surface area contributed by atoms with Crippen LogP contribution in [0.15, 0.2) is 18.2 Å². The van der Waals surface area contributed by atoms with E-state index in [1.807, 2.05) is 25.8 Å². The molecule has 1 rings (SSSR count). The molecule has 0 bridgehead atoms. The van der Waals surface area contributed by atoms with Gasteiger partial charge in [0, 0.05) is 18.2 Å². The average Bonchev–Trinajstić information content (AvgIpc) is 2.34. The first kappa shape index (κ1) is 16.0. The van der Waals surface area contributed by atoms with Gasteiger partial charge in [0.05, 0.1) is 12.7 Å². The van der Waals surface area contributed by atoms with Crippen LogP contribution in [0, 0.1) is 11.6 Å². The van der Waals surface area contributed by atoms with E-state index in [2.05, 4.69) is 0 Å². The molecule has 1 unspecified atom stereocenters. The quantitative estimate of drug-likeness (QED) is 0.834. The van der Waals surface area contributed by atoms with Crippen molar-refractivity contribution in [3.8, 4) is 0 Å². The van der Waals surface area contributed by atoms with Gasteiger partial charge in [-0.1, -0.05) is 0 Å². The summed E-state index contributed by atoms with van der Waals surface area (Å²) in [6, 6.07) is 3.03. The first-order chi connectivity index (χ1) is 8.76. The van der Waals surface area contributed by atoms with E-state index in [-0.39, 0.29) is 12.2 Å². The molecule has 108 valence electrons. The summed E-state index contributed by atoms with van der Waals surface area (Å²) in [6.07, 6.45) is -0.592. The molecule has 0 spiro atoms. The monoisotopic (exact) mass is 273 g/mol. The predicted molar refractivity (Wildman–Crippen MR) is 69.7 cm³/mol. The molecule has 0 fully saturated rings. The Hall–Kier alpha value is -1.04. The van der Waals surface area contributed by atoms with E-state index in [0.717, 1.165) is 18.2 Å². The van der Waals surface area contributed by atoms with E-state index < -0.39 is 23.3 Å². The van der Waals surface area contributed by atoms with Crippen LogP contribution < -0.4 is 0 Å². The first-order valence-corrected chi connectivity index (χ1v) is 6.22. The van der Waals surface area contributed by atoms with Crippen LogP contribution in [0.3, 0.4) is 0 Å². The molecule has 0 saturated heterocycles. The second-order valence-corrected chi connectivity index (χ2v) is 5.40. The van der Waals surface area contributed by atoms with Gasteiger partial charge in [0.15, 0.2) is 0 Å². The molecule has 19 heavy (non-hydrogen) atoms. The van der Waals surface area contributed by atoms with Crippen LogP contribution in [0.25, 0.3) is 0 Å². The Morgan fingerprint density at radius 2 is 1.74 bits per heavy atom. The molecule has 0 saturated carbocycles. The minimum Gasteiger partial charge on any atom is -0.394 e. The van der Waals surface area contributed by atoms with Crippen molar-refractivity contribution in [2.75, 3.05) is 20.2 Å². The molecule has 1 aromatic carbocycles. The fraction of sp³-hybridized carbons (Fsp3) is 0.571. The van der Waals surface area contributed by atoms with Gasteiger partial charge in [-0.15, -0.1) is 0 Å². The van der Waals surface area contributed by atoms with Gasteiger partial charge in [-0.3, -0.25) is 4.90 Å². The highest BCUT2D eigenvalue weighted by molar-refractivity contribution is 5.20. The van der Waals surface area contributed by atoms with Crippen molar-refractivity contribution in [1.82, 2.24) is 4.90 Å². The number of nitrogens with zero attached hydrogens (tertiary/aromatic N) is 1. The molecule has 2 N–H and O–H groups in total. The summed E-state index contributed by atoms with van der Waals surface area (Å²) >= 11 is 0. The number of hydrogen-bond donors (Lipinski definition) is 2. The van der Waals surface area contributed by atoms with Crippen LogP contribution in [0.4, 0.5) is 8.78 Å². The lowest BCUT2D eigenvalue weighted by atomic mass is 10.0. The Morgan fingerprint density at radius 3 is 2.21 bits per heavy atom.